The third-order valence-corrected chi connectivity index (χ3v) is 4.37. The lowest BCUT2D eigenvalue weighted by Gasteiger charge is -2.18. The smallest absolute Gasteiger partial charge is 0.196 e. The van der Waals surface area contributed by atoms with Crippen molar-refractivity contribution in [1.29, 1.82) is 5.26 Å². The second-order valence-corrected chi connectivity index (χ2v) is 6.27. The van der Waals surface area contributed by atoms with Crippen molar-refractivity contribution in [2.24, 2.45) is 0 Å². The van der Waals surface area contributed by atoms with Gasteiger partial charge in [-0.25, -0.2) is 4.39 Å². The highest BCUT2D eigenvalue weighted by atomic mass is 32.2. The molecule has 0 aliphatic heterocycles. The highest BCUT2D eigenvalue weighted by Crippen LogP contribution is 2.24. The van der Waals surface area contributed by atoms with Gasteiger partial charge in [-0.2, -0.15) is 5.26 Å². The molecule has 0 unspecified atom stereocenters. The summed E-state index contributed by atoms with van der Waals surface area (Å²) in [7, 11) is 4.10. The number of thioether (sulfide) groups is 1. The molecule has 1 aromatic carbocycles. The van der Waals surface area contributed by atoms with Gasteiger partial charge in [-0.05, 0) is 31.2 Å². The molecular formula is C15H19FN5S+. The van der Waals surface area contributed by atoms with Crippen LogP contribution in [0.2, 0.25) is 0 Å². The molecule has 0 spiro atoms. The zero-order chi connectivity index (χ0) is 16.1. The molecule has 1 N–H and O–H groups in total. The van der Waals surface area contributed by atoms with E-state index in [0.29, 0.717) is 12.2 Å². The molecule has 0 radical (unpaired) electrons. The van der Waals surface area contributed by atoms with E-state index < -0.39 is 0 Å². The Morgan fingerprint density at radius 1 is 1.32 bits per heavy atom. The van der Waals surface area contributed by atoms with Gasteiger partial charge < -0.3 is 4.90 Å². The predicted molar refractivity (Wildman–Crippen MR) is 83.5 cm³/mol. The number of aromatic nitrogens is 3. The van der Waals surface area contributed by atoms with Crippen LogP contribution in [0.25, 0.3) is 5.69 Å². The molecule has 0 saturated heterocycles. The summed E-state index contributed by atoms with van der Waals surface area (Å²) in [6.45, 7) is 2.07. The first-order chi connectivity index (χ1) is 10.5. The summed E-state index contributed by atoms with van der Waals surface area (Å²) in [5.74, 6) is 1.20. The summed E-state index contributed by atoms with van der Waals surface area (Å²) >= 11 is 1.48. The van der Waals surface area contributed by atoms with Crippen LogP contribution >= 0.6 is 11.8 Å². The fourth-order valence-corrected chi connectivity index (χ4v) is 2.74. The van der Waals surface area contributed by atoms with Crippen molar-refractivity contribution in [1.82, 2.24) is 14.8 Å². The van der Waals surface area contributed by atoms with Gasteiger partial charge in [0.05, 0.1) is 20.2 Å². The maximum atomic E-state index is 13.2. The lowest BCUT2D eigenvalue weighted by Crippen LogP contribution is -3.05. The minimum Gasteiger partial charge on any atom is -0.331 e. The molecule has 0 bridgehead atoms. The standard InChI is InChI=1S/C15H18FN5S/c1-11(20(2)3)14-18-19-15(22-10-4-9-17)21(14)13-7-5-12(16)6-8-13/h5-8,11H,4,10H2,1-3H3/p+1/t11-/m1/s1. The highest BCUT2D eigenvalue weighted by molar-refractivity contribution is 7.99. The summed E-state index contributed by atoms with van der Waals surface area (Å²) in [5, 5.41) is 18.0. The van der Waals surface area contributed by atoms with Crippen LogP contribution in [0.5, 0.6) is 0 Å². The maximum absolute atomic E-state index is 13.2. The molecule has 1 heterocycles. The first-order valence-electron chi connectivity index (χ1n) is 7.05. The predicted octanol–water partition coefficient (Wildman–Crippen LogP) is 1.62. The lowest BCUT2D eigenvalue weighted by molar-refractivity contribution is -0.890. The Morgan fingerprint density at radius 3 is 2.59 bits per heavy atom. The molecule has 1 aromatic heterocycles. The second-order valence-electron chi connectivity index (χ2n) is 5.21. The summed E-state index contributed by atoms with van der Waals surface area (Å²) in [4.78, 5) is 1.23. The molecule has 0 aliphatic carbocycles. The van der Waals surface area contributed by atoms with Crippen molar-refractivity contribution in [2.75, 3.05) is 19.8 Å². The van der Waals surface area contributed by atoms with Gasteiger partial charge in [0.2, 0.25) is 0 Å². The molecule has 116 valence electrons. The van der Waals surface area contributed by atoms with Crippen molar-refractivity contribution < 1.29 is 9.29 Å². The minimum atomic E-state index is -0.275. The molecule has 0 saturated carbocycles. The van der Waals surface area contributed by atoms with Crippen LogP contribution in [-0.4, -0.2) is 34.6 Å². The highest BCUT2D eigenvalue weighted by Gasteiger charge is 2.23. The summed E-state index contributed by atoms with van der Waals surface area (Å²) in [6.07, 6.45) is 0.449. The third-order valence-electron chi connectivity index (χ3n) is 3.44. The zero-order valence-corrected chi connectivity index (χ0v) is 13.7. The number of hydrogen-bond donors (Lipinski definition) is 1. The van der Waals surface area contributed by atoms with Crippen molar-refractivity contribution in [2.45, 2.75) is 24.5 Å². The largest absolute Gasteiger partial charge is 0.331 e. The van der Waals surface area contributed by atoms with E-state index in [4.69, 9.17) is 5.26 Å². The Balaban J connectivity index is 2.43. The Hall–Kier alpha value is -1.91. The Labute approximate surface area is 133 Å². The molecule has 5 nitrogen and oxygen atoms in total. The zero-order valence-electron chi connectivity index (χ0n) is 12.9. The number of nitriles is 1. The van der Waals surface area contributed by atoms with E-state index in [1.54, 1.807) is 12.1 Å². The van der Waals surface area contributed by atoms with E-state index in [-0.39, 0.29) is 11.9 Å². The number of rotatable bonds is 6. The number of hydrogen-bond acceptors (Lipinski definition) is 4. The van der Waals surface area contributed by atoms with Gasteiger partial charge in [-0.1, -0.05) is 11.8 Å². The number of nitrogens with one attached hydrogen (secondary N) is 1. The molecule has 0 amide bonds. The Bertz CT molecular complexity index is 660. The van der Waals surface area contributed by atoms with E-state index >= 15 is 0 Å². The lowest BCUT2D eigenvalue weighted by atomic mass is 10.2. The van der Waals surface area contributed by atoms with Crippen LogP contribution < -0.4 is 4.90 Å². The normalized spacial score (nSPS) is 12.4. The number of halogens is 1. The number of nitrogens with zero attached hydrogens (tertiary/aromatic N) is 4. The topological polar surface area (TPSA) is 58.9 Å². The van der Waals surface area contributed by atoms with E-state index in [9.17, 15) is 4.39 Å². The number of benzene rings is 1. The Kier molecular flexibility index (Phi) is 5.52. The molecule has 0 fully saturated rings. The van der Waals surface area contributed by atoms with Crippen molar-refractivity contribution >= 4 is 11.8 Å². The minimum absolute atomic E-state index is 0.142. The van der Waals surface area contributed by atoms with E-state index in [1.807, 2.05) is 4.57 Å². The van der Waals surface area contributed by atoms with Gasteiger partial charge >= 0.3 is 0 Å². The molecule has 2 rings (SSSR count). The first kappa shape index (κ1) is 16.5. The van der Waals surface area contributed by atoms with Gasteiger partial charge in [0.15, 0.2) is 11.0 Å². The third kappa shape index (κ3) is 3.64. The molecular weight excluding hydrogens is 301 g/mol. The van der Waals surface area contributed by atoms with Crippen LogP contribution in [0.1, 0.15) is 25.2 Å². The van der Waals surface area contributed by atoms with Crippen molar-refractivity contribution in [3.05, 3.63) is 35.9 Å². The molecule has 0 aliphatic rings. The van der Waals surface area contributed by atoms with Gasteiger partial charge in [0.1, 0.15) is 11.9 Å². The van der Waals surface area contributed by atoms with Gasteiger partial charge in [0.25, 0.3) is 0 Å². The molecule has 7 heteroatoms. The molecule has 1 atom stereocenters. The van der Waals surface area contributed by atoms with E-state index in [1.165, 1.54) is 28.8 Å². The summed E-state index contributed by atoms with van der Waals surface area (Å²) in [6, 6.07) is 8.55. The maximum Gasteiger partial charge on any atom is 0.196 e. The summed E-state index contributed by atoms with van der Waals surface area (Å²) < 4.78 is 15.1. The fraction of sp³-hybridized carbons (Fsp3) is 0.400. The van der Waals surface area contributed by atoms with Gasteiger partial charge in [-0.3, -0.25) is 4.57 Å². The van der Waals surface area contributed by atoms with Crippen molar-refractivity contribution in [3.63, 3.8) is 0 Å². The van der Waals surface area contributed by atoms with E-state index in [0.717, 1.165) is 16.7 Å². The summed E-state index contributed by atoms with van der Waals surface area (Å²) in [5.41, 5.74) is 0.828. The quantitative estimate of drug-likeness (QED) is 0.649. The first-order valence-corrected chi connectivity index (χ1v) is 8.04. The van der Waals surface area contributed by atoms with Crippen LogP contribution in [0, 0.1) is 17.1 Å². The van der Waals surface area contributed by atoms with Crippen LogP contribution in [0.15, 0.2) is 29.4 Å². The van der Waals surface area contributed by atoms with Gasteiger partial charge in [0, 0.05) is 17.9 Å². The fourth-order valence-electron chi connectivity index (χ4n) is 1.93. The monoisotopic (exact) mass is 320 g/mol. The molecule has 2 aromatic rings. The average molecular weight is 320 g/mol. The van der Waals surface area contributed by atoms with E-state index in [2.05, 4.69) is 37.3 Å². The number of quaternary nitrogens is 1. The van der Waals surface area contributed by atoms with Crippen LogP contribution in [0.3, 0.4) is 0 Å². The SMILES string of the molecule is C[C@H](c1nnc(SCCC#N)n1-c1ccc(F)cc1)[NH+](C)C. The van der Waals surface area contributed by atoms with Crippen LogP contribution in [-0.2, 0) is 0 Å². The molecule has 22 heavy (non-hydrogen) atoms. The van der Waals surface area contributed by atoms with Crippen molar-refractivity contribution in [3.8, 4) is 11.8 Å². The Morgan fingerprint density at radius 2 is 2.00 bits per heavy atom. The average Bonchev–Trinajstić information content (AvgIpc) is 2.91. The second kappa shape index (κ2) is 7.38. The van der Waals surface area contributed by atoms with Crippen LogP contribution in [0.4, 0.5) is 4.39 Å². The van der Waals surface area contributed by atoms with Gasteiger partial charge in [-0.15, -0.1) is 10.2 Å².